The number of halogens is 2. The van der Waals surface area contributed by atoms with Crippen molar-refractivity contribution in [2.75, 3.05) is 0 Å². The maximum Gasteiger partial charge on any atom is 0.248 e. The first-order valence-corrected chi connectivity index (χ1v) is 4.84. The summed E-state index contributed by atoms with van der Waals surface area (Å²) in [6, 6.07) is 8.22. The number of rotatable bonds is 1. The normalized spacial score (nSPS) is 9.57. The highest BCUT2D eigenvalue weighted by molar-refractivity contribution is 9.10. The predicted octanol–water partition coefficient (Wildman–Crippen LogP) is -0.932. The molecule has 2 nitrogen and oxygen atoms in total. The standard InChI is InChI=1S/C10H10BrN2.HI/c1-12-6-7-13(8-12)10-4-2-9(11)3-5-10;/h2-8H,1H3;1H/q+1;/p-1. The number of aryl methyl sites for hydroxylation is 1. The zero-order valence-corrected chi connectivity index (χ0v) is 11.4. The van der Waals surface area contributed by atoms with E-state index in [2.05, 4.69) is 32.6 Å². The summed E-state index contributed by atoms with van der Waals surface area (Å²) < 4.78 is 5.20. The highest BCUT2D eigenvalue weighted by Crippen LogP contribution is 2.12. The van der Waals surface area contributed by atoms with Gasteiger partial charge in [0.25, 0.3) is 0 Å². The Morgan fingerprint density at radius 1 is 1.21 bits per heavy atom. The van der Waals surface area contributed by atoms with Crippen LogP contribution in [-0.4, -0.2) is 4.57 Å². The molecule has 0 N–H and O–H groups in total. The molecular formula is C10H10BrIN2. The van der Waals surface area contributed by atoms with Gasteiger partial charge >= 0.3 is 0 Å². The first-order chi connectivity index (χ1) is 6.25. The van der Waals surface area contributed by atoms with Crippen LogP contribution in [-0.2, 0) is 7.05 Å². The molecule has 0 saturated heterocycles. The summed E-state index contributed by atoms with van der Waals surface area (Å²) in [6.07, 6.45) is 6.08. The van der Waals surface area contributed by atoms with Crippen LogP contribution in [0.4, 0.5) is 0 Å². The van der Waals surface area contributed by atoms with E-state index in [4.69, 9.17) is 0 Å². The molecule has 0 saturated carbocycles. The zero-order chi connectivity index (χ0) is 9.26. The van der Waals surface area contributed by atoms with Crippen molar-refractivity contribution in [3.8, 4) is 5.69 Å². The zero-order valence-electron chi connectivity index (χ0n) is 7.69. The number of benzene rings is 1. The number of nitrogens with zero attached hydrogens (tertiary/aromatic N) is 2. The van der Waals surface area contributed by atoms with Gasteiger partial charge in [-0.1, -0.05) is 15.9 Å². The van der Waals surface area contributed by atoms with Gasteiger partial charge in [-0.3, -0.25) is 0 Å². The van der Waals surface area contributed by atoms with Crippen molar-refractivity contribution in [2.45, 2.75) is 0 Å². The quantitative estimate of drug-likeness (QED) is 0.456. The van der Waals surface area contributed by atoms with Crippen LogP contribution in [0, 0.1) is 0 Å². The molecule has 1 aromatic heterocycles. The lowest BCUT2D eigenvalue weighted by Crippen LogP contribution is -3.00. The summed E-state index contributed by atoms with van der Waals surface area (Å²) in [5.41, 5.74) is 1.17. The Labute approximate surface area is 109 Å². The molecule has 2 aromatic rings. The Morgan fingerprint density at radius 2 is 1.86 bits per heavy atom. The van der Waals surface area contributed by atoms with Gasteiger partial charge in [0.1, 0.15) is 18.1 Å². The van der Waals surface area contributed by atoms with Gasteiger partial charge in [0, 0.05) is 4.47 Å². The minimum Gasteiger partial charge on any atom is -1.00 e. The average molecular weight is 365 g/mol. The van der Waals surface area contributed by atoms with E-state index < -0.39 is 0 Å². The smallest absolute Gasteiger partial charge is 0.248 e. The molecule has 0 bridgehead atoms. The summed E-state index contributed by atoms with van der Waals surface area (Å²) in [5, 5.41) is 0. The van der Waals surface area contributed by atoms with Crippen molar-refractivity contribution in [1.29, 1.82) is 0 Å². The molecule has 0 aliphatic rings. The van der Waals surface area contributed by atoms with Crippen molar-refractivity contribution in [1.82, 2.24) is 4.57 Å². The Balaban J connectivity index is 0.000000980. The molecule has 74 valence electrons. The predicted molar refractivity (Wildman–Crippen MR) is 54.6 cm³/mol. The van der Waals surface area contributed by atoms with Gasteiger partial charge in [0.05, 0.1) is 7.05 Å². The van der Waals surface area contributed by atoms with Crippen molar-refractivity contribution in [3.63, 3.8) is 0 Å². The molecule has 1 heterocycles. The van der Waals surface area contributed by atoms with Crippen LogP contribution in [0.5, 0.6) is 0 Å². The second-order valence-corrected chi connectivity index (χ2v) is 3.88. The SMILES string of the molecule is C[n+]1ccn(-c2ccc(Br)cc2)c1.[I-]. The van der Waals surface area contributed by atoms with Crippen LogP contribution >= 0.6 is 15.9 Å². The lowest BCUT2D eigenvalue weighted by atomic mass is 10.3. The molecule has 0 aliphatic carbocycles. The minimum atomic E-state index is 0. The Kier molecular flexibility index (Phi) is 4.12. The van der Waals surface area contributed by atoms with Gasteiger partial charge in [0.15, 0.2) is 0 Å². The van der Waals surface area contributed by atoms with Gasteiger partial charge in [-0.25, -0.2) is 9.13 Å². The average Bonchev–Trinajstić information content (AvgIpc) is 2.53. The van der Waals surface area contributed by atoms with Crippen LogP contribution in [0.3, 0.4) is 0 Å². The van der Waals surface area contributed by atoms with Crippen LogP contribution in [0.1, 0.15) is 0 Å². The summed E-state index contributed by atoms with van der Waals surface area (Å²) in [6.45, 7) is 0. The topological polar surface area (TPSA) is 8.81 Å². The maximum atomic E-state index is 3.41. The van der Waals surface area contributed by atoms with E-state index in [-0.39, 0.29) is 24.0 Å². The van der Waals surface area contributed by atoms with Crippen molar-refractivity contribution < 1.29 is 28.5 Å². The van der Waals surface area contributed by atoms with E-state index in [0.717, 1.165) is 4.47 Å². The van der Waals surface area contributed by atoms with Gasteiger partial charge < -0.3 is 24.0 Å². The molecule has 0 spiro atoms. The van der Waals surface area contributed by atoms with E-state index in [0.29, 0.717) is 0 Å². The van der Waals surface area contributed by atoms with Crippen LogP contribution in [0.2, 0.25) is 0 Å². The fourth-order valence-electron chi connectivity index (χ4n) is 1.22. The number of imidazole rings is 1. The molecule has 14 heavy (non-hydrogen) atoms. The molecule has 0 radical (unpaired) electrons. The largest absolute Gasteiger partial charge is 1.00 e. The van der Waals surface area contributed by atoms with Crippen molar-refractivity contribution >= 4 is 15.9 Å². The summed E-state index contributed by atoms with van der Waals surface area (Å²) in [7, 11) is 2.01. The van der Waals surface area contributed by atoms with E-state index >= 15 is 0 Å². The van der Waals surface area contributed by atoms with E-state index in [1.54, 1.807) is 0 Å². The van der Waals surface area contributed by atoms with Gasteiger partial charge in [-0.2, -0.15) is 0 Å². The molecular weight excluding hydrogens is 355 g/mol. The second kappa shape index (κ2) is 4.93. The van der Waals surface area contributed by atoms with Gasteiger partial charge in [0.2, 0.25) is 6.33 Å². The van der Waals surface area contributed by atoms with Crippen molar-refractivity contribution in [3.05, 3.63) is 47.5 Å². The Hall–Kier alpha value is -0.360. The fraction of sp³-hybridized carbons (Fsp3) is 0.100. The molecule has 0 aliphatic heterocycles. The van der Waals surface area contributed by atoms with Crippen LogP contribution < -0.4 is 28.5 Å². The van der Waals surface area contributed by atoms with Crippen LogP contribution in [0.25, 0.3) is 5.69 Å². The van der Waals surface area contributed by atoms with Crippen molar-refractivity contribution in [2.24, 2.45) is 7.05 Å². The monoisotopic (exact) mass is 364 g/mol. The summed E-state index contributed by atoms with van der Waals surface area (Å²) in [4.78, 5) is 0. The van der Waals surface area contributed by atoms with Gasteiger partial charge in [-0.05, 0) is 24.3 Å². The Bertz CT molecular complexity index is 408. The van der Waals surface area contributed by atoms with E-state index in [9.17, 15) is 0 Å². The third-order valence-electron chi connectivity index (χ3n) is 1.89. The first kappa shape index (κ1) is 11.7. The van der Waals surface area contributed by atoms with E-state index in [1.807, 2.05) is 42.5 Å². The lowest BCUT2D eigenvalue weighted by molar-refractivity contribution is -0.670. The van der Waals surface area contributed by atoms with Gasteiger partial charge in [-0.15, -0.1) is 0 Å². The van der Waals surface area contributed by atoms with Crippen LogP contribution in [0.15, 0.2) is 47.5 Å². The van der Waals surface area contributed by atoms with E-state index in [1.165, 1.54) is 5.69 Å². The minimum absolute atomic E-state index is 0. The molecule has 2 rings (SSSR count). The molecule has 1 aromatic carbocycles. The number of hydrogen-bond donors (Lipinski definition) is 0. The first-order valence-electron chi connectivity index (χ1n) is 4.05. The maximum absolute atomic E-state index is 3.41. The summed E-state index contributed by atoms with van der Waals surface area (Å²) in [5.74, 6) is 0. The number of aromatic nitrogens is 2. The lowest BCUT2D eigenvalue weighted by Gasteiger charge is -1.94. The molecule has 4 heteroatoms. The molecule has 0 fully saturated rings. The molecule has 0 unspecified atom stereocenters. The highest BCUT2D eigenvalue weighted by atomic mass is 127. The summed E-state index contributed by atoms with van der Waals surface area (Å²) >= 11 is 3.41. The third kappa shape index (κ3) is 2.57. The molecule has 0 amide bonds. The fourth-order valence-corrected chi connectivity index (χ4v) is 1.48. The third-order valence-corrected chi connectivity index (χ3v) is 2.42. The highest BCUT2D eigenvalue weighted by Gasteiger charge is 2.02. The molecule has 0 atom stereocenters. The number of hydrogen-bond acceptors (Lipinski definition) is 0. The Morgan fingerprint density at radius 3 is 2.36 bits per heavy atom. The second-order valence-electron chi connectivity index (χ2n) is 2.96.